The lowest BCUT2D eigenvalue weighted by Crippen LogP contribution is -2.26. The molecular weight excluding hydrogens is 366 g/mol. The molecule has 2 aromatic rings. The first-order valence-electron chi connectivity index (χ1n) is 11.1. The number of thiophene rings is 1. The summed E-state index contributed by atoms with van der Waals surface area (Å²) < 4.78 is 12.0. The lowest BCUT2D eigenvalue weighted by molar-refractivity contribution is -0.204. The molecule has 154 valence electrons. The molecule has 0 unspecified atom stereocenters. The number of nitrogens with zero attached hydrogens (tertiary/aromatic N) is 1. The SMILES string of the molecule is CCCCCCCc1ccc(-c2ccc([C@H]3OC[C@H](CCCC)CO3)s2)cn1. The zero-order chi connectivity index (χ0) is 19.6. The summed E-state index contributed by atoms with van der Waals surface area (Å²) in [6, 6.07) is 8.68. The van der Waals surface area contributed by atoms with Crippen molar-refractivity contribution in [3.05, 3.63) is 41.0 Å². The van der Waals surface area contributed by atoms with Crippen LogP contribution in [0.25, 0.3) is 10.4 Å². The van der Waals surface area contributed by atoms with Crippen molar-refractivity contribution in [3.63, 3.8) is 0 Å². The van der Waals surface area contributed by atoms with Crippen molar-refractivity contribution in [1.29, 1.82) is 0 Å². The van der Waals surface area contributed by atoms with Crippen molar-refractivity contribution in [2.24, 2.45) is 5.92 Å². The molecule has 1 aliphatic heterocycles. The van der Waals surface area contributed by atoms with Crippen molar-refractivity contribution in [3.8, 4) is 10.4 Å². The number of hydrogen-bond donors (Lipinski definition) is 0. The fourth-order valence-electron chi connectivity index (χ4n) is 3.63. The third kappa shape index (κ3) is 6.40. The normalized spacial score (nSPS) is 19.8. The van der Waals surface area contributed by atoms with Crippen LogP contribution in [-0.4, -0.2) is 18.2 Å². The van der Waals surface area contributed by atoms with Gasteiger partial charge in [-0.2, -0.15) is 0 Å². The van der Waals surface area contributed by atoms with Gasteiger partial charge in [0.2, 0.25) is 0 Å². The molecule has 0 bridgehead atoms. The van der Waals surface area contributed by atoms with E-state index in [-0.39, 0.29) is 6.29 Å². The molecule has 3 nitrogen and oxygen atoms in total. The summed E-state index contributed by atoms with van der Waals surface area (Å²) in [5.74, 6) is 0.550. The summed E-state index contributed by atoms with van der Waals surface area (Å²) in [6.07, 6.45) is 13.1. The molecule has 0 saturated carbocycles. The van der Waals surface area contributed by atoms with E-state index in [1.165, 1.54) is 67.5 Å². The fraction of sp³-hybridized carbons (Fsp3) is 0.625. The minimum Gasteiger partial charge on any atom is -0.347 e. The first-order chi connectivity index (χ1) is 13.8. The number of hydrogen-bond acceptors (Lipinski definition) is 4. The second-order valence-electron chi connectivity index (χ2n) is 7.91. The standard InChI is InChI=1S/C24H35NO2S/c1-3-5-7-8-9-11-21-13-12-20(16-25-21)22-14-15-23(28-22)24-26-17-19(18-27-24)10-6-4-2/h12-16,19,24H,3-11,17-18H2,1-2H3/t19-,24-. The highest BCUT2D eigenvalue weighted by Crippen LogP contribution is 2.35. The lowest BCUT2D eigenvalue weighted by Gasteiger charge is -2.28. The highest BCUT2D eigenvalue weighted by Gasteiger charge is 2.24. The Bertz CT molecular complexity index is 674. The van der Waals surface area contributed by atoms with Gasteiger partial charge in [-0.05, 0) is 37.5 Å². The molecule has 0 atom stereocenters. The van der Waals surface area contributed by atoms with Crippen molar-refractivity contribution in [2.45, 2.75) is 77.9 Å². The average molecular weight is 402 g/mol. The van der Waals surface area contributed by atoms with Crippen molar-refractivity contribution >= 4 is 11.3 Å². The van der Waals surface area contributed by atoms with Gasteiger partial charge in [-0.15, -0.1) is 11.3 Å². The zero-order valence-electron chi connectivity index (χ0n) is 17.5. The van der Waals surface area contributed by atoms with E-state index >= 15 is 0 Å². The molecule has 1 aliphatic rings. The van der Waals surface area contributed by atoms with E-state index in [1.54, 1.807) is 11.3 Å². The fourth-order valence-corrected chi connectivity index (χ4v) is 4.63. The summed E-state index contributed by atoms with van der Waals surface area (Å²) >= 11 is 1.75. The Morgan fingerprint density at radius 2 is 1.71 bits per heavy atom. The number of aromatic nitrogens is 1. The number of ether oxygens (including phenoxy) is 2. The monoisotopic (exact) mass is 401 g/mol. The second-order valence-corrected chi connectivity index (χ2v) is 9.03. The van der Waals surface area contributed by atoms with E-state index in [4.69, 9.17) is 9.47 Å². The predicted molar refractivity (Wildman–Crippen MR) is 118 cm³/mol. The van der Waals surface area contributed by atoms with Crippen LogP contribution < -0.4 is 0 Å². The Labute approximate surface area is 174 Å². The van der Waals surface area contributed by atoms with Crippen LogP contribution in [0.15, 0.2) is 30.5 Å². The summed E-state index contributed by atoms with van der Waals surface area (Å²) in [7, 11) is 0. The van der Waals surface area contributed by atoms with Crippen molar-refractivity contribution < 1.29 is 9.47 Å². The van der Waals surface area contributed by atoms with Gasteiger partial charge >= 0.3 is 0 Å². The zero-order valence-corrected chi connectivity index (χ0v) is 18.3. The maximum atomic E-state index is 5.99. The van der Waals surface area contributed by atoms with E-state index in [1.807, 2.05) is 6.20 Å². The first-order valence-corrected chi connectivity index (χ1v) is 11.9. The molecular formula is C24H35NO2S. The van der Waals surface area contributed by atoms with E-state index in [2.05, 4.69) is 43.1 Å². The van der Waals surface area contributed by atoms with Crippen LogP contribution in [0.5, 0.6) is 0 Å². The molecule has 0 N–H and O–H groups in total. The van der Waals surface area contributed by atoms with Crippen LogP contribution in [-0.2, 0) is 15.9 Å². The largest absolute Gasteiger partial charge is 0.347 e. The van der Waals surface area contributed by atoms with Gasteiger partial charge in [-0.1, -0.05) is 58.4 Å². The van der Waals surface area contributed by atoms with Gasteiger partial charge in [0.25, 0.3) is 0 Å². The minimum atomic E-state index is -0.202. The van der Waals surface area contributed by atoms with E-state index in [0.717, 1.165) is 24.5 Å². The molecule has 4 heteroatoms. The summed E-state index contributed by atoms with van der Waals surface area (Å²) in [6.45, 7) is 6.11. The van der Waals surface area contributed by atoms with Crippen LogP contribution >= 0.6 is 11.3 Å². The molecule has 0 spiro atoms. The summed E-state index contributed by atoms with van der Waals surface area (Å²) in [5.41, 5.74) is 2.39. The third-order valence-electron chi connectivity index (χ3n) is 5.44. The Morgan fingerprint density at radius 3 is 2.43 bits per heavy atom. The highest BCUT2D eigenvalue weighted by atomic mass is 32.1. The third-order valence-corrected chi connectivity index (χ3v) is 6.59. The topological polar surface area (TPSA) is 31.4 Å². The first kappa shape index (κ1) is 21.5. The van der Waals surface area contributed by atoms with Crippen molar-refractivity contribution in [1.82, 2.24) is 4.98 Å². The van der Waals surface area contributed by atoms with Crippen molar-refractivity contribution in [2.75, 3.05) is 13.2 Å². The molecule has 0 radical (unpaired) electrons. The molecule has 0 aromatic carbocycles. The number of unbranched alkanes of at least 4 members (excludes halogenated alkanes) is 5. The van der Waals surface area contributed by atoms with Crippen LogP contribution in [0.1, 0.15) is 82.1 Å². The minimum absolute atomic E-state index is 0.202. The van der Waals surface area contributed by atoms with Gasteiger partial charge in [0.05, 0.1) is 18.1 Å². The Balaban J connectivity index is 1.48. The molecule has 0 aliphatic carbocycles. The van der Waals surface area contributed by atoms with Crippen LogP contribution in [0.3, 0.4) is 0 Å². The molecule has 28 heavy (non-hydrogen) atoms. The van der Waals surface area contributed by atoms with Gasteiger partial charge < -0.3 is 9.47 Å². The molecule has 3 rings (SSSR count). The number of pyridine rings is 1. The Morgan fingerprint density at radius 1 is 0.929 bits per heavy atom. The number of aryl methyl sites for hydroxylation is 1. The highest BCUT2D eigenvalue weighted by molar-refractivity contribution is 7.15. The maximum Gasteiger partial charge on any atom is 0.193 e. The number of rotatable bonds is 11. The molecule has 0 amide bonds. The summed E-state index contributed by atoms with van der Waals surface area (Å²) in [4.78, 5) is 7.07. The molecule has 2 aromatic heterocycles. The van der Waals surface area contributed by atoms with Crippen LogP contribution in [0.4, 0.5) is 0 Å². The Kier molecular flexibility index (Phi) is 8.97. The van der Waals surface area contributed by atoms with E-state index < -0.39 is 0 Å². The second kappa shape index (κ2) is 11.7. The predicted octanol–water partition coefficient (Wildman–Crippen LogP) is 7.17. The molecule has 1 fully saturated rings. The lowest BCUT2D eigenvalue weighted by atomic mass is 10.0. The van der Waals surface area contributed by atoms with E-state index in [9.17, 15) is 0 Å². The average Bonchev–Trinajstić information content (AvgIpc) is 3.23. The van der Waals surface area contributed by atoms with Gasteiger partial charge in [0.15, 0.2) is 6.29 Å². The van der Waals surface area contributed by atoms with Gasteiger partial charge in [0.1, 0.15) is 0 Å². The van der Waals surface area contributed by atoms with Gasteiger partial charge in [-0.25, -0.2) is 0 Å². The smallest absolute Gasteiger partial charge is 0.193 e. The van der Waals surface area contributed by atoms with Gasteiger partial charge in [-0.3, -0.25) is 4.98 Å². The molecule has 1 saturated heterocycles. The van der Waals surface area contributed by atoms with Gasteiger partial charge in [0, 0.05) is 28.2 Å². The Hall–Kier alpha value is -1.23. The molecule has 3 heterocycles. The maximum absolute atomic E-state index is 5.99. The van der Waals surface area contributed by atoms with Crippen LogP contribution in [0, 0.1) is 5.92 Å². The van der Waals surface area contributed by atoms with Crippen LogP contribution in [0.2, 0.25) is 0 Å². The van der Waals surface area contributed by atoms with E-state index in [0.29, 0.717) is 5.92 Å². The quantitative estimate of drug-likeness (QED) is 0.374. The summed E-state index contributed by atoms with van der Waals surface area (Å²) in [5, 5.41) is 0.